The van der Waals surface area contributed by atoms with Gasteiger partial charge in [-0.05, 0) is 54.4 Å². The predicted molar refractivity (Wildman–Crippen MR) is 108 cm³/mol. The Hall–Kier alpha value is -1.50. The van der Waals surface area contributed by atoms with Crippen molar-refractivity contribution < 1.29 is 4.39 Å². The summed E-state index contributed by atoms with van der Waals surface area (Å²) in [5.41, 5.74) is 3.29. The lowest BCUT2D eigenvalue weighted by Gasteiger charge is -2.28. The van der Waals surface area contributed by atoms with E-state index < -0.39 is 0 Å². The second-order valence-electron chi connectivity index (χ2n) is 6.15. The number of halogens is 2. The summed E-state index contributed by atoms with van der Waals surface area (Å²) < 4.78 is 14.5. The van der Waals surface area contributed by atoms with Crippen molar-refractivity contribution >= 4 is 38.9 Å². The quantitative estimate of drug-likeness (QED) is 0.555. The largest absolute Gasteiger partial charge is 0.362 e. The minimum atomic E-state index is -0.328. The van der Waals surface area contributed by atoms with Crippen LogP contribution in [0.1, 0.15) is 17.5 Å². The van der Waals surface area contributed by atoms with Crippen LogP contribution in [0.2, 0.25) is 0 Å². The molecule has 2 N–H and O–H groups in total. The molecule has 0 unspecified atom stereocenters. The SMILES string of the molecule is Fc1cc(Br)ccc1NC(=S)NCCCN1CCc2ccccc2C1. The predicted octanol–water partition coefficient (Wildman–Crippen LogP) is 4.32. The highest BCUT2D eigenvalue weighted by molar-refractivity contribution is 9.10. The van der Waals surface area contributed by atoms with Crippen LogP contribution in [0.25, 0.3) is 0 Å². The Kier molecular flexibility index (Phi) is 6.39. The van der Waals surface area contributed by atoms with Gasteiger partial charge in [0.05, 0.1) is 5.69 Å². The normalized spacial score (nSPS) is 14.0. The fourth-order valence-electron chi connectivity index (χ4n) is 3.01. The number of benzene rings is 2. The van der Waals surface area contributed by atoms with Gasteiger partial charge in [0, 0.05) is 30.7 Å². The van der Waals surface area contributed by atoms with Crippen molar-refractivity contribution in [3.8, 4) is 0 Å². The lowest BCUT2D eigenvalue weighted by atomic mass is 10.00. The fourth-order valence-corrected chi connectivity index (χ4v) is 3.55. The third-order valence-corrected chi connectivity index (χ3v) is 5.07. The van der Waals surface area contributed by atoms with E-state index in [0.29, 0.717) is 15.3 Å². The molecule has 0 aliphatic carbocycles. The van der Waals surface area contributed by atoms with Gasteiger partial charge in [-0.15, -0.1) is 0 Å². The zero-order valence-corrected chi connectivity index (χ0v) is 16.3. The molecule has 25 heavy (non-hydrogen) atoms. The fraction of sp³-hybridized carbons (Fsp3) is 0.316. The molecule has 2 aromatic carbocycles. The molecule has 132 valence electrons. The summed E-state index contributed by atoms with van der Waals surface area (Å²) in [6.07, 6.45) is 2.11. The first kappa shape index (κ1) is 18.3. The summed E-state index contributed by atoms with van der Waals surface area (Å²) in [4.78, 5) is 2.47. The Labute approximate surface area is 161 Å². The molecule has 1 heterocycles. The van der Waals surface area contributed by atoms with Gasteiger partial charge in [-0.2, -0.15) is 0 Å². The van der Waals surface area contributed by atoms with Crippen LogP contribution in [0, 0.1) is 5.82 Å². The third kappa shape index (κ3) is 5.23. The maximum Gasteiger partial charge on any atom is 0.170 e. The molecule has 0 spiro atoms. The molecule has 2 aromatic rings. The Bertz CT molecular complexity index is 753. The molecule has 0 bridgehead atoms. The minimum Gasteiger partial charge on any atom is -0.362 e. The molecule has 0 fully saturated rings. The van der Waals surface area contributed by atoms with Crippen molar-refractivity contribution in [1.29, 1.82) is 0 Å². The zero-order chi connectivity index (χ0) is 17.6. The highest BCUT2D eigenvalue weighted by Gasteiger charge is 2.14. The van der Waals surface area contributed by atoms with Gasteiger partial charge in [0.15, 0.2) is 5.11 Å². The first-order chi connectivity index (χ1) is 12.1. The molecule has 1 aliphatic rings. The molecule has 0 radical (unpaired) electrons. The molecular formula is C19H21BrFN3S. The van der Waals surface area contributed by atoms with Gasteiger partial charge in [-0.1, -0.05) is 40.2 Å². The van der Waals surface area contributed by atoms with Crippen LogP contribution in [0.3, 0.4) is 0 Å². The van der Waals surface area contributed by atoms with Gasteiger partial charge < -0.3 is 10.6 Å². The molecule has 0 atom stereocenters. The van der Waals surface area contributed by atoms with Crippen molar-refractivity contribution in [3.05, 3.63) is 63.9 Å². The summed E-state index contributed by atoms with van der Waals surface area (Å²) in [6, 6.07) is 13.5. The van der Waals surface area contributed by atoms with Crippen molar-refractivity contribution in [2.24, 2.45) is 0 Å². The lowest BCUT2D eigenvalue weighted by molar-refractivity contribution is 0.251. The second kappa shape index (κ2) is 8.74. The van der Waals surface area contributed by atoms with Gasteiger partial charge >= 0.3 is 0 Å². The number of rotatable bonds is 5. The van der Waals surface area contributed by atoms with E-state index in [0.717, 1.165) is 39.0 Å². The van der Waals surface area contributed by atoms with E-state index in [-0.39, 0.29) is 5.82 Å². The highest BCUT2D eigenvalue weighted by Crippen LogP contribution is 2.19. The summed E-state index contributed by atoms with van der Waals surface area (Å²) in [5, 5.41) is 6.50. The molecule has 3 nitrogen and oxygen atoms in total. The van der Waals surface area contributed by atoms with Gasteiger partial charge in [0.1, 0.15) is 5.82 Å². The number of fused-ring (bicyclic) bond motifs is 1. The zero-order valence-electron chi connectivity index (χ0n) is 13.9. The summed E-state index contributed by atoms with van der Waals surface area (Å²) >= 11 is 8.48. The van der Waals surface area contributed by atoms with Gasteiger partial charge in [0.25, 0.3) is 0 Å². The van der Waals surface area contributed by atoms with Crippen LogP contribution in [0.5, 0.6) is 0 Å². The van der Waals surface area contributed by atoms with Crippen LogP contribution in [-0.4, -0.2) is 29.6 Å². The van der Waals surface area contributed by atoms with Gasteiger partial charge in [0.2, 0.25) is 0 Å². The number of nitrogens with one attached hydrogen (secondary N) is 2. The lowest BCUT2D eigenvalue weighted by Crippen LogP contribution is -2.34. The van der Waals surface area contributed by atoms with Crippen LogP contribution in [0.4, 0.5) is 10.1 Å². The summed E-state index contributed by atoms with van der Waals surface area (Å²) in [6.45, 7) is 3.91. The Morgan fingerprint density at radius 3 is 2.80 bits per heavy atom. The van der Waals surface area contributed by atoms with E-state index in [1.165, 1.54) is 17.2 Å². The Morgan fingerprint density at radius 2 is 2.00 bits per heavy atom. The molecule has 1 aliphatic heterocycles. The van der Waals surface area contributed by atoms with E-state index in [2.05, 4.69) is 55.7 Å². The van der Waals surface area contributed by atoms with E-state index >= 15 is 0 Å². The van der Waals surface area contributed by atoms with Crippen LogP contribution in [-0.2, 0) is 13.0 Å². The minimum absolute atomic E-state index is 0.328. The Balaban J connectivity index is 1.38. The first-order valence-corrected chi connectivity index (χ1v) is 9.61. The summed E-state index contributed by atoms with van der Waals surface area (Å²) in [7, 11) is 0. The molecule has 0 saturated carbocycles. The maximum absolute atomic E-state index is 13.8. The van der Waals surface area contributed by atoms with Crippen molar-refractivity contribution in [2.45, 2.75) is 19.4 Å². The molecule has 0 saturated heterocycles. The average molecular weight is 422 g/mol. The van der Waals surface area contributed by atoms with Gasteiger partial charge in [-0.25, -0.2) is 4.39 Å². The number of thiocarbonyl (C=S) groups is 1. The van der Waals surface area contributed by atoms with Crippen molar-refractivity contribution in [1.82, 2.24) is 10.2 Å². The smallest absolute Gasteiger partial charge is 0.170 e. The van der Waals surface area contributed by atoms with E-state index in [1.54, 1.807) is 12.1 Å². The van der Waals surface area contributed by atoms with Crippen LogP contribution < -0.4 is 10.6 Å². The standard InChI is InChI=1S/C19H21BrFN3S/c20-16-6-7-18(17(21)12-16)23-19(25)22-9-3-10-24-11-8-14-4-1-2-5-15(14)13-24/h1-2,4-7,12H,3,8-11,13H2,(H2,22,23,25). The van der Waals surface area contributed by atoms with E-state index in [9.17, 15) is 4.39 Å². The topological polar surface area (TPSA) is 27.3 Å². The van der Waals surface area contributed by atoms with E-state index in [1.807, 2.05) is 0 Å². The molecule has 3 rings (SSSR count). The second-order valence-corrected chi connectivity index (χ2v) is 7.48. The van der Waals surface area contributed by atoms with Crippen LogP contribution >= 0.6 is 28.1 Å². The number of nitrogens with zero attached hydrogens (tertiary/aromatic N) is 1. The number of anilines is 1. The third-order valence-electron chi connectivity index (χ3n) is 4.33. The van der Waals surface area contributed by atoms with Crippen molar-refractivity contribution in [2.75, 3.05) is 25.0 Å². The molecular weight excluding hydrogens is 401 g/mol. The van der Waals surface area contributed by atoms with E-state index in [4.69, 9.17) is 12.2 Å². The first-order valence-electron chi connectivity index (χ1n) is 8.41. The summed E-state index contributed by atoms with van der Waals surface area (Å²) in [5.74, 6) is -0.328. The van der Waals surface area contributed by atoms with Gasteiger partial charge in [-0.3, -0.25) is 4.90 Å². The Morgan fingerprint density at radius 1 is 1.20 bits per heavy atom. The molecule has 6 heteroatoms. The average Bonchev–Trinajstić information content (AvgIpc) is 2.61. The maximum atomic E-state index is 13.8. The number of hydrogen-bond acceptors (Lipinski definition) is 2. The highest BCUT2D eigenvalue weighted by atomic mass is 79.9. The van der Waals surface area contributed by atoms with Crippen LogP contribution in [0.15, 0.2) is 46.9 Å². The molecule has 0 amide bonds. The monoisotopic (exact) mass is 421 g/mol. The molecule has 0 aromatic heterocycles. The van der Waals surface area contributed by atoms with Crippen molar-refractivity contribution in [3.63, 3.8) is 0 Å². The number of hydrogen-bond donors (Lipinski definition) is 2.